The van der Waals surface area contributed by atoms with Gasteiger partial charge in [-0.15, -0.1) is 0 Å². The molecule has 0 saturated heterocycles. The van der Waals surface area contributed by atoms with Gasteiger partial charge < -0.3 is 15.3 Å². The van der Waals surface area contributed by atoms with E-state index in [-0.39, 0.29) is 6.42 Å². The van der Waals surface area contributed by atoms with E-state index >= 15 is 0 Å². The lowest BCUT2D eigenvalue weighted by Crippen LogP contribution is -2.35. The molecule has 4 nitrogen and oxygen atoms in total. The molecule has 1 atom stereocenters. The number of nitrogens with two attached hydrogens (primary N) is 1. The predicted octanol–water partition coefficient (Wildman–Crippen LogP) is 1.46. The molecule has 0 fully saturated rings. The van der Waals surface area contributed by atoms with E-state index in [4.69, 9.17) is 15.3 Å². The van der Waals surface area contributed by atoms with Crippen LogP contribution in [0.2, 0.25) is 0 Å². The molecular formula is C12H17NO3. The standard InChI is InChI=1S/C12H17NO3/c1-2-8-5-9-10(16-8)3-4-12(9,7-13)6-11(14)15/h5H,2-4,6-7,13H2,1H3,(H,14,15). The molecule has 1 aromatic heterocycles. The Labute approximate surface area is 94.4 Å². The van der Waals surface area contributed by atoms with Crippen LogP contribution in [0.5, 0.6) is 0 Å². The van der Waals surface area contributed by atoms with Crippen LogP contribution in [0.25, 0.3) is 0 Å². The van der Waals surface area contributed by atoms with Gasteiger partial charge in [-0.3, -0.25) is 4.79 Å². The van der Waals surface area contributed by atoms with Crippen LogP contribution in [0.3, 0.4) is 0 Å². The molecule has 2 rings (SSSR count). The fourth-order valence-electron chi connectivity index (χ4n) is 2.54. The zero-order chi connectivity index (χ0) is 11.8. The average Bonchev–Trinajstić information content (AvgIpc) is 2.78. The average molecular weight is 223 g/mol. The molecule has 1 unspecified atom stereocenters. The molecule has 0 spiro atoms. The molecule has 0 saturated carbocycles. The largest absolute Gasteiger partial charge is 0.481 e. The van der Waals surface area contributed by atoms with E-state index in [0.717, 1.165) is 36.3 Å². The number of aliphatic carboxylic acids is 1. The number of furan rings is 1. The lowest BCUT2D eigenvalue weighted by molar-refractivity contribution is -0.138. The van der Waals surface area contributed by atoms with Gasteiger partial charge in [0.05, 0.1) is 6.42 Å². The first-order chi connectivity index (χ1) is 7.61. The van der Waals surface area contributed by atoms with Gasteiger partial charge in [-0.2, -0.15) is 0 Å². The third kappa shape index (κ3) is 1.63. The summed E-state index contributed by atoms with van der Waals surface area (Å²) in [6.07, 6.45) is 2.52. The number of hydrogen-bond donors (Lipinski definition) is 2. The predicted molar refractivity (Wildman–Crippen MR) is 59.4 cm³/mol. The smallest absolute Gasteiger partial charge is 0.304 e. The van der Waals surface area contributed by atoms with Gasteiger partial charge in [0.15, 0.2) is 0 Å². The Balaban J connectivity index is 2.37. The monoisotopic (exact) mass is 223 g/mol. The molecule has 4 heteroatoms. The highest BCUT2D eigenvalue weighted by Crippen LogP contribution is 2.42. The molecule has 88 valence electrons. The molecule has 0 bridgehead atoms. The van der Waals surface area contributed by atoms with Crippen LogP contribution in [-0.2, 0) is 23.1 Å². The Morgan fingerprint density at radius 1 is 1.69 bits per heavy atom. The minimum Gasteiger partial charge on any atom is -0.481 e. The van der Waals surface area contributed by atoms with Gasteiger partial charge in [-0.25, -0.2) is 0 Å². The first-order valence-corrected chi connectivity index (χ1v) is 5.65. The Morgan fingerprint density at radius 2 is 2.44 bits per heavy atom. The highest BCUT2D eigenvalue weighted by molar-refractivity contribution is 5.69. The van der Waals surface area contributed by atoms with Crippen molar-refractivity contribution in [1.29, 1.82) is 0 Å². The molecule has 1 heterocycles. The van der Waals surface area contributed by atoms with E-state index < -0.39 is 11.4 Å². The van der Waals surface area contributed by atoms with Crippen LogP contribution < -0.4 is 5.73 Å². The Kier molecular flexibility index (Phi) is 2.76. The molecular weight excluding hydrogens is 206 g/mol. The maximum absolute atomic E-state index is 10.9. The van der Waals surface area contributed by atoms with Crippen LogP contribution >= 0.6 is 0 Å². The van der Waals surface area contributed by atoms with Gasteiger partial charge in [-0.05, 0) is 12.5 Å². The summed E-state index contributed by atoms with van der Waals surface area (Å²) in [4.78, 5) is 10.9. The molecule has 0 aromatic carbocycles. The van der Waals surface area contributed by atoms with Crippen LogP contribution in [-0.4, -0.2) is 17.6 Å². The van der Waals surface area contributed by atoms with Crippen LogP contribution in [0.4, 0.5) is 0 Å². The first-order valence-electron chi connectivity index (χ1n) is 5.65. The molecule has 1 aliphatic carbocycles. The van der Waals surface area contributed by atoms with Crippen molar-refractivity contribution < 1.29 is 14.3 Å². The number of aryl methyl sites for hydroxylation is 2. The second-order valence-corrected chi connectivity index (χ2v) is 4.46. The minimum atomic E-state index is -0.794. The molecule has 0 amide bonds. The quantitative estimate of drug-likeness (QED) is 0.810. The Hall–Kier alpha value is -1.29. The molecule has 3 N–H and O–H groups in total. The van der Waals surface area contributed by atoms with Crippen molar-refractivity contribution in [2.75, 3.05) is 6.54 Å². The van der Waals surface area contributed by atoms with Crippen molar-refractivity contribution >= 4 is 5.97 Å². The summed E-state index contributed by atoms with van der Waals surface area (Å²) in [6.45, 7) is 2.39. The van der Waals surface area contributed by atoms with E-state index in [1.807, 2.05) is 13.0 Å². The number of hydrogen-bond acceptors (Lipinski definition) is 3. The summed E-state index contributed by atoms with van der Waals surface area (Å²) in [7, 11) is 0. The summed E-state index contributed by atoms with van der Waals surface area (Å²) in [5.41, 5.74) is 6.40. The third-order valence-corrected chi connectivity index (χ3v) is 3.49. The van der Waals surface area contributed by atoms with Gasteiger partial charge in [0.1, 0.15) is 11.5 Å². The maximum atomic E-state index is 10.9. The van der Waals surface area contributed by atoms with Crippen molar-refractivity contribution in [3.8, 4) is 0 Å². The van der Waals surface area contributed by atoms with Gasteiger partial charge in [-0.1, -0.05) is 6.92 Å². The van der Waals surface area contributed by atoms with Crippen molar-refractivity contribution in [3.63, 3.8) is 0 Å². The second kappa shape index (κ2) is 3.94. The summed E-state index contributed by atoms with van der Waals surface area (Å²) >= 11 is 0. The fourth-order valence-corrected chi connectivity index (χ4v) is 2.54. The van der Waals surface area contributed by atoms with Crippen molar-refractivity contribution in [2.45, 2.75) is 38.0 Å². The van der Waals surface area contributed by atoms with Gasteiger partial charge in [0.25, 0.3) is 0 Å². The van der Waals surface area contributed by atoms with E-state index in [2.05, 4.69) is 0 Å². The molecule has 1 aromatic rings. The zero-order valence-corrected chi connectivity index (χ0v) is 9.45. The summed E-state index contributed by atoms with van der Waals surface area (Å²) in [5, 5.41) is 8.97. The van der Waals surface area contributed by atoms with Crippen molar-refractivity contribution in [3.05, 3.63) is 23.2 Å². The summed E-state index contributed by atoms with van der Waals surface area (Å²) < 4.78 is 5.67. The van der Waals surface area contributed by atoms with E-state index in [0.29, 0.717) is 6.54 Å². The van der Waals surface area contributed by atoms with Crippen LogP contribution in [0.15, 0.2) is 10.5 Å². The Morgan fingerprint density at radius 3 is 3.00 bits per heavy atom. The molecule has 16 heavy (non-hydrogen) atoms. The van der Waals surface area contributed by atoms with E-state index in [9.17, 15) is 4.79 Å². The van der Waals surface area contributed by atoms with Gasteiger partial charge in [0, 0.05) is 30.4 Å². The van der Waals surface area contributed by atoms with Crippen LogP contribution in [0.1, 0.15) is 36.8 Å². The number of carboxylic acids is 1. The van der Waals surface area contributed by atoms with Crippen LogP contribution in [0, 0.1) is 0 Å². The number of fused-ring (bicyclic) bond motifs is 1. The second-order valence-electron chi connectivity index (χ2n) is 4.46. The molecule has 0 aliphatic heterocycles. The SMILES string of the molecule is CCc1cc2c(o1)CCC2(CN)CC(=O)O. The highest BCUT2D eigenvalue weighted by Gasteiger charge is 2.41. The third-order valence-electron chi connectivity index (χ3n) is 3.49. The maximum Gasteiger partial charge on any atom is 0.304 e. The topological polar surface area (TPSA) is 76.5 Å². The number of rotatable bonds is 4. The highest BCUT2D eigenvalue weighted by atomic mass is 16.4. The first kappa shape index (κ1) is 11.2. The summed E-state index contributed by atoms with van der Waals surface area (Å²) in [5.74, 6) is 1.06. The minimum absolute atomic E-state index is 0.0964. The lowest BCUT2D eigenvalue weighted by Gasteiger charge is -2.25. The molecule has 1 aliphatic rings. The van der Waals surface area contributed by atoms with Gasteiger partial charge in [0.2, 0.25) is 0 Å². The normalized spacial score (nSPS) is 23.4. The lowest BCUT2D eigenvalue weighted by atomic mass is 9.79. The van der Waals surface area contributed by atoms with Crippen molar-refractivity contribution in [2.24, 2.45) is 5.73 Å². The number of carbonyl (C=O) groups is 1. The van der Waals surface area contributed by atoms with Crippen molar-refractivity contribution in [1.82, 2.24) is 0 Å². The van der Waals surface area contributed by atoms with Gasteiger partial charge >= 0.3 is 5.97 Å². The molecule has 0 radical (unpaired) electrons. The zero-order valence-electron chi connectivity index (χ0n) is 9.45. The van der Waals surface area contributed by atoms with E-state index in [1.54, 1.807) is 0 Å². The van der Waals surface area contributed by atoms with E-state index in [1.165, 1.54) is 0 Å². The number of carboxylic acid groups (broad SMARTS) is 1. The fraction of sp³-hybridized carbons (Fsp3) is 0.583. The Bertz CT molecular complexity index is 410. The summed E-state index contributed by atoms with van der Waals surface area (Å²) in [6, 6.07) is 1.98.